The van der Waals surface area contributed by atoms with E-state index in [1.165, 1.54) is 0 Å². The van der Waals surface area contributed by atoms with Gasteiger partial charge in [-0.25, -0.2) is 0 Å². The predicted molar refractivity (Wildman–Crippen MR) is 69.5 cm³/mol. The first kappa shape index (κ1) is 12.8. The second kappa shape index (κ2) is 5.30. The molecule has 0 aliphatic heterocycles. The van der Waals surface area contributed by atoms with Crippen LogP contribution in [0.25, 0.3) is 5.65 Å². The SMILES string of the molecule is CC(C)CC(CO)N(C)c1ccc2nncn2n1. The average molecular weight is 249 g/mol. The number of aliphatic hydroxyl groups is 1. The molecule has 18 heavy (non-hydrogen) atoms. The van der Waals surface area contributed by atoms with Crippen LogP contribution in [0.3, 0.4) is 0 Å². The molecule has 0 bridgehead atoms. The smallest absolute Gasteiger partial charge is 0.177 e. The summed E-state index contributed by atoms with van der Waals surface area (Å²) < 4.78 is 1.63. The molecule has 0 saturated heterocycles. The molecule has 0 aromatic carbocycles. The molecule has 2 aromatic rings. The van der Waals surface area contributed by atoms with Gasteiger partial charge in [-0.1, -0.05) is 13.8 Å². The molecule has 1 atom stereocenters. The molecular weight excluding hydrogens is 230 g/mol. The van der Waals surface area contributed by atoms with Gasteiger partial charge in [0.25, 0.3) is 0 Å². The highest BCUT2D eigenvalue weighted by Crippen LogP contribution is 2.17. The summed E-state index contributed by atoms with van der Waals surface area (Å²) in [6.07, 6.45) is 2.50. The van der Waals surface area contributed by atoms with E-state index >= 15 is 0 Å². The van der Waals surface area contributed by atoms with E-state index in [2.05, 4.69) is 29.1 Å². The zero-order valence-corrected chi connectivity index (χ0v) is 11.0. The number of rotatable bonds is 5. The maximum Gasteiger partial charge on any atom is 0.177 e. The fraction of sp³-hybridized carbons (Fsp3) is 0.583. The van der Waals surface area contributed by atoms with E-state index in [1.807, 2.05) is 24.1 Å². The first-order valence-electron chi connectivity index (χ1n) is 6.12. The molecule has 1 N–H and O–H groups in total. The van der Waals surface area contributed by atoms with Crippen LogP contribution in [0.15, 0.2) is 18.5 Å². The lowest BCUT2D eigenvalue weighted by Crippen LogP contribution is -2.36. The highest BCUT2D eigenvalue weighted by Gasteiger charge is 2.17. The van der Waals surface area contributed by atoms with Crippen LogP contribution < -0.4 is 4.90 Å². The summed E-state index contributed by atoms with van der Waals surface area (Å²) in [5, 5.41) is 21.6. The third-order valence-electron chi connectivity index (χ3n) is 3.01. The van der Waals surface area contributed by atoms with Crippen LogP contribution in [0.2, 0.25) is 0 Å². The fourth-order valence-electron chi connectivity index (χ4n) is 1.99. The Bertz CT molecular complexity index is 510. The molecule has 6 heteroatoms. The van der Waals surface area contributed by atoms with Crippen LogP contribution in [0, 0.1) is 5.92 Å². The minimum absolute atomic E-state index is 0.0754. The molecule has 0 aliphatic carbocycles. The number of nitrogens with zero attached hydrogens (tertiary/aromatic N) is 5. The largest absolute Gasteiger partial charge is 0.394 e. The van der Waals surface area contributed by atoms with Gasteiger partial charge >= 0.3 is 0 Å². The van der Waals surface area contributed by atoms with Crippen LogP contribution in [-0.4, -0.2) is 44.6 Å². The third-order valence-corrected chi connectivity index (χ3v) is 3.01. The summed E-state index contributed by atoms with van der Waals surface area (Å²) >= 11 is 0. The van der Waals surface area contributed by atoms with Crippen molar-refractivity contribution in [2.45, 2.75) is 26.3 Å². The quantitative estimate of drug-likeness (QED) is 0.855. The van der Waals surface area contributed by atoms with Crippen molar-refractivity contribution in [3.8, 4) is 0 Å². The average Bonchev–Trinajstić information content (AvgIpc) is 2.81. The van der Waals surface area contributed by atoms with Gasteiger partial charge in [0.15, 0.2) is 5.65 Å². The highest BCUT2D eigenvalue weighted by molar-refractivity contribution is 5.45. The molecule has 0 saturated carbocycles. The zero-order valence-electron chi connectivity index (χ0n) is 11.0. The Morgan fingerprint density at radius 2 is 2.17 bits per heavy atom. The number of anilines is 1. The second-order valence-electron chi connectivity index (χ2n) is 4.90. The van der Waals surface area contributed by atoms with Gasteiger partial charge < -0.3 is 10.0 Å². The van der Waals surface area contributed by atoms with Crippen LogP contribution in [0.5, 0.6) is 0 Å². The standard InChI is InChI=1S/C12H19N5O/c1-9(2)6-10(7-18)16(3)12-5-4-11-14-13-8-17(11)15-12/h4-5,8-10,18H,6-7H2,1-3H3. The summed E-state index contributed by atoms with van der Waals surface area (Å²) in [5.74, 6) is 1.34. The summed E-state index contributed by atoms with van der Waals surface area (Å²) in [7, 11) is 1.95. The van der Waals surface area contributed by atoms with E-state index < -0.39 is 0 Å². The van der Waals surface area contributed by atoms with Crippen molar-refractivity contribution < 1.29 is 5.11 Å². The predicted octanol–water partition coefficient (Wildman–Crippen LogP) is 0.967. The first-order chi connectivity index (χ1) is 8.61. The minimum atomic E-state index is 0.0754. The van der Waals surface area contributed by atoms with Crippen LogP contribution in [-0.2, 0) is 0 Å². The number of fused-ring (bicyclic) bond motifs is 1. The van der Waals surface area contributed by atoms with Gasteiger partial charge in [-0.2, -0.15) is 4.52 Å². The van der Waals surface area contributed by atoms with E-state index in [9.17, 15) is 5.11 Å². The maximum absolute atomic E-state index is 9.48. The minimum Gasteiger partial charge on any atom is -0.394 e. The Kier molecular flexibility index (Phi) is 3.76. The van der Waals surface area contributed by atoms with Crippen LogP contribution >= 0.6 is 0 Å². The Labute approximate surface area is 106 Å². The molecule has 98 valence electrons. The highest BCUT2D eigenvalue weighted by atomic mass is 16.3. The number of hydrogen-bond donors (Lipinski definition) is 1. The Morgan fingerprint density at radius 3 is 2.83 bits per heavy atom. The number of aromatic nitrogens is 4. The number of aliphatic hydroxyl groups excluding tert-OH is 1. The topological polar surface area (TPSA) is 66.5 Å². The molecule has 0 fully saturated rings. The van der Waals surface area contributed by atoms with E-state index in [-0.39, 0.29) is 12.6 Å². The normalized spacial score (nSPS) is 13.2. The molecule has 0 radical (unpaired) electrons. The van der Waals surface area contributed by atoms with Crippen molar-refractivity contribution in [1.29, 1.82) is 0 Å². The van der Waals surface area contributed by atoms with Gasteiger partial charge in [0, 0.05) is 7.05 Å². The number of likely N-dealkylation sites (N-methyl/N-ethyl adjacent to an activating group) is 1. The van der Waals surface area contributed by atoms with Crippen molar-refractivity contribution in [2.24, 2.45) is 5.92 Å². The second-order valence-corrected chi connectivity index (χ2v) is 4.90. The van der Waals surface area contributed by atoms with Crippen molar-refractivity contribution >= 4 is 11.5 Å². The molecule has 2 rings (SSSR count). The lowest BCUT2D eigenvalue weighted by atomic mass is 10.0. The molecule has 0 aliphatic rings. The van der Waals surface area contributed by atoms with E-state index in [1.54, 1.807) is 10.8 Å². The Balaban J connectivity index is 2.22. The molecule has 0 spiro atoms. The van der Waals surface area contributed by atoms with Crippen LogP contribution in [0.1, 0.15) is 20.3 Å². The molecular formula is C12H19N5O. The van der Waals surface area contributed by atoms with Crippen LogP contribution in [0.4, 0.5) is 5.82 Å². The van der Waals surface area contributed by atoms with Crippen molar-refractivity contribution in [1.82, 2.24) is 19.8 Å². The van der Waals surface area contributed by atoms with Crippen molar-refractivity contribution in [3.05, 3.63) is 18.5 Å². The van der Waals surface area contributed by atoms with E-state index in [0.717, 1.165) is 17.9 Å². The van der Waals surface area contributed by atoms with Crippen molar-refractivity contribution in [2.75, 3.05) is 18.6 Å². The summed E-state index contributed by atoms with van der Waals surface area (Å²) in [6.45, 7) is 4.41. The van der Waals surface area contributed by atoms with Gasteiger partial charge in [0.05, 0.1) is 12.6 Å². The summed E-state index contributed by atoms with van der Waals surface area (Å²) in [5.41, 5.74) is 0.719. The lowest BCUT2D eigenvalue weighted by molar-refractivity contribution is 0.245. The van der Waals surface area contributed by atoms with Gasteiger partial charge in [-0.15, -0.1) is 15.3 Å². The van der Waals surface area contributed by atoms with Gasteiger partial charge in [0.1, 0.15) is 12.1 Å². The van der Waals surface area contributed by atoms with Gasteiger partial charge in [-0.05, 0) is 24.5 Å². The molecule has 2 aromatic heterocycles. The summed E-state index contributed by atoms with van der Waals surface area (Å²) in [4.78, 5) is 2.00. The summed E-state index contributed by atoms with van der Waals surface area (Å²) in [6, 6.07) is 3.84. The molecule has 1 unspecified atom stereocenters. The van der Waals surface area contributed by atoms with Crippen molar-refractivity contribution in [3.63, 3.8) is 0 Å². The fourth-order valence-corrected chi connectivity index (χ4v) is 1.99. The first-order valence-corrected chi connectivity index (χ1v) is 6.12. The zero-order chi connectivity index (χ0) is 13.1. The van der Waals surface area contributed by atoms with Gasteiger partial charge in [-0.3, -0.25) is 0 Å². The maximum atomic E-state index is 9.48. The lowest BCUT2D eigenvalue weighted by Gasteiger charge is -2.28. The third kappa shape index (κ3) is 2.59. The molecule has 6 nitrogen and oxygen atoms in total. The Hall–Kier alpha value is -1.69. The monoisotopic (exact) mass is 249 g/mol. The molecule has 0 amide bonds. The Morgan fingerprint density at radius 1 is 1.39 bits per heavy atom. The molecule has 2 heterocycles. The van der Waals surface area contributed by atoms with E-state index in [4.69, 9.17) is 0 Å². The van der Waals surface area contributed by atoms with E-state index in [0.29, 0.717) is 5.92 Å². The van der Waals surface area contributed by atoms with Gasteiger partial charge in [0.2, 0.25) is 0 Å². The number of hydrogen-bond acceptors (Lipinski definition) is 5.